The molecule has 0 spiro atoms. The lowest BCUT2D eigenvalue weighted by Crippen LogP contribution is -2.47. The molecular weight excluding hydrogens is 302 g/mol. The number of hydrogen-bond acceptors (Lipinski definition) is 6. The first-order valence-corrected chi connectivity index (χ1v) is 7.43. The molecule has 0 bridgehead atoms. The maximum absolute atomic E-state index is 6.24. The summed E-state index contributed by atoms with van der Waals surface area (Å²) >= 11 is 6.24. The monoisotopic (exact) mass is 319 g/mol. The van der Waals surface area contributed by atoms with Gasteiger partial charge in [-0.2, -0.15) is 4.98 Å². The van der Waals surface area contributed by atoms with Crippen LogP contribution < -0.4 is 11.1 Å². The molecule has 1 atom stereocenters. The molecule has 0 saturated carbocycles. The van der Waals surface area contributed by atoms with Crippen LogP contribution in [0, 0.1) is 0 Å². The summed E-state index contributed by atoms with van der Waals surface area (Å²) in [7, 11) is 0. The lowest BCUT2D eigenvalue weighted by molar-refractivity contribution is -0.0586. The Morgan fingerprint density at radius 2 is 2.14 bits per heavy atom. The van der Waals surface area contributed by atoms with Gasteiger partial charge in [-0.15, -0.1) is 0 Å². The van der Waals surface area contributed by atoms with E-state index in [2.05, 4.69) is 34.1 Å². The third kappa shape index (κ3) is 3.35. The number of aromatic nitrogens is 3. The Labute approximate surface area is 134 Å². The van der Waals surface area contributed by atoms with Crippen LogP contribution in [0.2, 0.25) is 5.02 Å². The lowest BCUT2D eigenvalue weighted by Gasteiger charge is -2.36. The zero-order chi connectivity index (χ0) is 15.7. The number of benzene rings is 1. The molecule has 1 aliphatic rings. The van der Waals surface area contributed by atoms with Crippen molar-refractivity contribution in [3.63, 3.8) is 0 Å². The van der Waals surface area contributed by atoms with Gasteiger partial charge in [-0.25, -0.2) is 9.97 Å². The number of ether oxygens (including phenoxy) is 1. The zero-order valence-corrected chi connectivity index (χ0v) is 13.3. The molecule has 3 rings (SSSR count). The Kier molecular flexibility index (Phi) is 3.99. The predicted octanol–water partition coefficient (Wildman–Crippen LogP) is 2.21. The summed E-state index contributed by atoms with van der Waals surface area (Å²) in [4.78, 5) is 12.1. The Morgan fingerprint density at radius 1 is 1.32 bits per heavy atom. The normalized spacial score (nSPS) is 20.8. The van der Waals surface area contributed by atoms with Gasteiger partial charge in [0.2, 0.25) is 5.95 Å². The van der Waals surface area contributed by atoms with E-state index in [1.165, 1.54) is 6.33 Å². The molecule has 6 nitrogen and oxygen atoms in total. The molecule has 7 heteroatoms. The highest BCUT2D eigenvalue weighted by molar-refractivity contribution is 6.30. The minimum absolute atomic E-state index is 0.0876. The van der Waals surface area contributed by atoms with E-state index in [0.717, 1.165) is 17.7 Å². The lowest BCUT2D eigenvalue weighted by atomic mass is 10.00. The number of nitrogens with two attached hydrogens (primary N) is 1. The fourth-order valence-electron chi connectivity index (χ4n) is 2.39. The third-order valence-corrected chi connectivity index (χ3v) is 3.80. The van der Waals surface area contributed by atoms with Gasteiger partial charge >= 0.3 is 0 Å². The molecule has 2 heterocycles. The van der Waals surface area contributed by atoms with Gasteiger partial charge in [0.15, 0.2) is 5.82 Å². The third-order valence-electron chi connectivity index (χ3n) is 3.59. The van der Waals surface area contributed by atoms with Crippen LogP contribution in [-0.4, -0.2) is 33.7 Å². The molecule has 1 saturated heterocycles. The summed E-state index contributed by atoms with van der Waals surface area (Å²) in [6.07, 6.45) is 1.39. The minimum Gasteiger partial charge on any atom is -0.372 e. The number of halogens is 1. The molecule has 1 fully saturated rings. The Hall–Kier alpha value is -1.76. The Morgan fingerprint density at radius 3 is 2.82 bits per heavy atom. The van der Waals surface area contributed by atoms with Crippen LogP contribution in [0.3, 0.4) is 0 Å². The van der Waals surface area contributed by atoms with E-state index < -0.39 is 0 Å². The first kappa shape index (κ1) is 15.1. The molecule has 0 radical (unpaired) electrons. The molecule has 1 aromatic heterocycles. The van der Waals surface area contributed by atoms with Crippen LogP contribution in [0.5, 0.6) is 0 Å². The van der Waals surface area contributed by atoms with Crippen LogP contribution in [-0.2, 0) is 4.74 Å². The minimum atomic E-state index is -0.152. The average Bonchev–Trinajstić information content (AvgIpc) is 2.46. The number of nitrogens with zero attached hydrogens (tertiary/aromatic N) is 3. The predicted molar refractivity (Wildman–Crippen MR) is 85.5 cm³/mol. The molecule has 3 N–H and O–H groups in total. The second-order valence-electron chi connectivity index (χ2n) is 5.94. The molecular formula is C15H18ClN5O. The van der Waals surface area contributed by atoms with Gasteiger partial charge in [0.05, 0.1) is 18.2 Å². The van der Waals surface area contributed by atoms with Gasteiger partial charge in [-0.1, -0.05) is 11.6 Å². The first-order chi connectivity index (χ1) is 10.4. The van der Waals surface area contributed by atoms with Gasteiger partial charge in [0.1, 0.15) is 6.33 Å². The van der Waals surface area contributed by atoms with E-state index in [9.17, 15) is 0 Å². The average molecular weight is 320 g/mol. The van der Waals surface area contributed by atoms with Crippen molar-refractivity contribution in [3.8, 4) is 11.4 Å². The van der Waals surface area contributed by atoms with Gasteiger partial charge < -0.3 is 15.8 Å². The summed E-state index contributed by atoms with van der Waals surface area (Å²) in [5, 5.41) is 4.10. The number of rotatable bonds is 2. The Bertz CT molecular complexity index is 681. The van der Waals surface area contributed by atoms with Crippen LogP contribution in [0.4, 0.5) is 5.95 Å². The number of morpholine rings is 1. The molecule has 2 aromatic rings. The molecule has 116 valence electrons. The van der Waals surface area contributed by atoms with E-state index in [1.807, 2.05) is 18.2 Å². The van der Waals surface area contributed by atoms with Crippen molar-refractivity contribution in [3.05, 3.63) is 35.1 Å². The SMILES string of the molecule is CC1(C)CNC(c2cc(Cl)cc(-c3ncnc(N)n3)c2)CO1. The topological polar surface area (TPSA) is 86.0 Å². The van der Waals surface area contributed by atoms with Crippen molar-refractivity contribution in [2.24, 2.45) is 0 Å². The maximum atomic E-state index is 6.24. The van der Waals surface area contributed by atoms with Gasteiger partial charge in [-0.3, -0.25) is 0 Å². The van der Waals surface area contributed by atoms with Crippen LogP contribution in [0.25, 0.3) is 11.4 Å². The highest BCUT2D eigenvalue weighted by Gasteiger charge is 2.28. The quantitative estimate of drug-likeness (QED) is 0.882. The number of nitrogen functional groups attached to an aromatic ring is 1. The van der Waals surface area contributed by atoms with Gasteiger partial charge in [-0.05, 0) is 37.6 Å². The fourth-order valence-corrected chi connectivity index (χ4v) is 2.64. The van der Waals surface area contributed by atoms with Gasteiger partial charge in [0, 0.05) is 17.1 Å². The van der Waals surface area contributed by atoms with Crippen LogP contribution >= 0.6 is 11.6 Å². The standard InChI is InChI=1S/C15H18ClN5O/c1-15(2)7-18-12(6-22-15)9-3-10(5-11(16)4-9)13-19-8-20-14(17)21-13/h3-5,8,12,18H,6-7H2,1-2H3,(H2,17,19,20,21). The molecule has 0 aliphatic carbocycles. The van der Waals surface area contributed by atoms with Crippen molar-refractivity contribution in [2.75, 3.05) is 18.9 Å². The van der Waals surface area contributed by atoms with Crippen LogP contribution in [0.1, 0.15) is 25.5 Å². The number of hydrogen-bond donors (Lipinski definition) is 2. The van der Waals surface area contributed by atoms with Gasteiger partial charge in [0.25, 0.3) is 0 Å². The molecule has 1 unspecified atom stereocenters. The van der Waals surface area contributed by atoms with Crippen molar-refractivity contribution < 1.29 is 4.74 Å². The maximum Gasteiger partial charge on any atom is 0.223 e. The van der Waals surface area contributed by atoms with Crippen molar-refractivity contribution >= 4 is 17.5 Å². The molecule has 1 aliphatic heterocycles. The summed E-state index contributed by atoms with van der Waals surface area (Å²) < 4.78 is 5.87. The summed E-state index contributed by atoms with van der Waals surface area (Å²) in [6, 6.07) is 5.83. The van der Waals surface area contributed by atoms with E-state index in [0.29, 0.717) is 17.5 Å². The Balaban J connectivity index is 1.91. The van der Waals surface area contributed by atoms with E-state index in [1.54, 1.807) is 0 Å². The summed E-state index contributed by atoms with van der Waals surface area (Å²) in [6.45, 7) is 5.49. The smallest absolute Gasteiger partial charge is 0.223 e. The van der Waals surface area contributed by atoms with Crippen molar-refractivity contribution in [1.82, 2.24) is 20.3 Å². The number of anilines is 1. The highest BCUT2D eigenvalue weighted by Crippen LogP contribution is 2.28. The van der Waals surface area contributed by atoms with Crippen LogP contribution in [0.15, 0.2) is 24.5 Å². The number of nitrogens with one attached hydrogen (secondary N) is 1. The second-order valence-corrected chi connectivity index (χ2v) is 6.38. The largest absolute Gasteiger partial charge is 0.372 e. The summed E-state index contributed by atoms with van der Waals surface area (Å²) in [5.41, 5.74) is 7.31. The summed E-state index contributed by atoms with van der Waals surface area (Å²) in [5.74, 6) is 0.695. The first-order valence-electron chi connectivity index (χ1n) is 7.06. The zero-order valence-electron chi connectivity index (χ0n) is 12.5. The van der Waals surface area contributed by atoms with E-state index >= 15 is 0 Å². The molecule has 0 amide bonds. The van der Waals surface area contributed by atoms with E-state index in [4.69, 9.17) is 22.1 Å². The highest BCUT2D eigenvalue weighted by atomic mass is 35.5. The van der Waals surface area contributed by atoms with Crippen molar-refractivity contribution in [1.29, 1.82) is 0 Å². The fraction of sp³-hybridized carbons (Fsp3) is 0.400. The van der Waals surface area contributed by atoms with E-state index in [-0.39, 0.29) is 17.6 Å². The van der Waals surface area contributed by atoms with Crippen molar-refractivity contribution in [2.45, 2.75) is 25.5 Å². The second kappa shape index (κ2) is 5.79. The molecule has 1 aromatic carbocycles. The molecule has 22 heavy (non-hydrogen) atoms.